The number of halogens is 1. The van der Waals surface area contributed by atoms with Crippen LogP contribution in [0.15, 0.2) is 54.6 Å². The summed E-state index contributed by atoms with van der Waals surface area (Å²) in [5.74, 6) is -1.11. The lowest BCUT2D eigenvalue weighted by atomic mass is 10.1. The average Bonchev–Trinajstić information content (AvgIpc) is 3.43. The molecule has 2 aromatic carbocycles. The minimum Gasteiger partial charge on any atom is -0.336 e. The minimum absolute atomic E-state index is 0.0168. The van der Waals surface area contributed by atoms with Gasteiger partial charge in [0, 0.05) is 18.3 Å². The van der Waals surface area contributed by atoms with Crippen LogP contribution in [0.4, 0.5) is 10.1 Å². The summed E-state index contributed by atoms with van der Waals surface area (Å²) >= 11 is 0. The third kappa shape index (κ3) is 4.28. The Morgan fingerprint density at radius 2 is 1.73 bits per heavy atom. The Labute approximate surface area is 153 Å². The van der Waals surface area contributed by atoms with E-state index in [1.165, 1.54) is 24.3 Å². The van der Waals surface area contributed by atoms with Gasteiger partial charge in [-0.25, -0.2) is 4.39 Å². The van der Waals surface area contributed by atoms with Crippen LogP contribution in [0.2, 0.25) is 0 Å². The minimum atomic E-state index is -0.351. The summed E-state index contributed by atoms with van der Waals surface area (Å²) in [6.45, 7) is 4.51. The van der Waals surface area contributed by atoms with E-state index in [2.05, 4.69) is 5.32 Å². The van der Waals surface area contributed by atoms with Gasteiger partial charge in [-0.3, -0.25) is 9.59 Å². The van der Waals surface area contributed by atoms with Crippen molar-refractivity contribution in [3.8, 4) is 0 Å². The number of nitrogens with zero attached hydrogens (tertiary/aromatic N) is 1. The molecule has 2 atom stereocenters. The topological polar surface area (TPSA) is 49.4 Å². The molecule has 1 fully saturated rings. The molecule has 1 aliphatic rings. The SMILES string of the molecule is CC(C)N(Cc1ccccc1)C(=O)C1CC1C(=O)Nc1ccc(F)cc1. The van der Waals surface area contributed by atoms with E-state index in [1.807, 2.05) is 49.1 Å². The van der Waals surface area contributed by atoms with Crippen LogP contribution in [-0.4, -0.2) is 22.8 Å². The highest BCUT2D eigenvalue weighted by molar-refractivity contribution is 5.99. The van der Waals surface area contributed by atoms with Crippen molar-refractivity contribution in [3.63, 3.8) is 0 Å². The van der Waals surface area contributed by atoms with E-state index in [0.717, 1.165) is 5.56 Å². The summed E-state index contributed by atoms with van der Waals surface area (Å²) in [5.41, 5.74) is 1.61. The summed E-state index contributed by atoms with van der Waals surface area (Å²) in [6.07, 6.45) is 0.559. The number of amides is 2. The predicted octanol–water partition coefficient (Wildman–Crippen LogP) is 3.84. The van der Waals surface area contributed by atoms with E-state index in [0.29, 0.717) is 18.7 Å². The molecular weight excluding hydrogens is 331 g/mol. The van der Waals surface area contributed by atoms with Crippen molar-refractivity contribution in [2.45, 2.75) is 32.9 Å². The van der Waals surface area contributed by atoms with Crippen LogP contribution in [-0.2, 0) is 16.1 Å². The molecule has 0 bridgehead atoms. The lowest BCUT2D eigenvalue weighted by Crippen LogP contribution is -2.38. The zero-order chi connectivity index (χ0) is 18.7. The standard InChI is InChI=1S/C21H23FN2O2/c1-14(2)24(13-15-6-4-3-5-7-15)21(26)19-12-18(19)20(25)23-17-10-8-16(22)9-11-17/h3-11,14,18-19H,12-13H2,1-2H3,(H,23,25). The fourth-order valence-electron chi connectivity index (χ4n) is 3.03. The first kappa shape index (κ1) is 18.1. The lowest BCUT2D eigenvalue weighted by molar-refractivity contribution is -0.136. The number of carbonyl (C=O) groups excluding carboxylic acids is 2. The van der Waals surface area contributed by atoms with Crippen LogP contribution in [0.5, 0.6) is 0 Å². The van der Waals surface area contributed by atoms with E-state index < -0.39 is 0 Å². The van der Waals surface area contributed by atoms with Crippen molar-refractivity contribution in [1.29, 1.82) is 0 Å². The maximum absolute atomic E-state index is 12.9. The smallest absolute Gasteiger partial charge is 0.228 e. The molecule has 4 nitrogen and oxygen atoms in total. The van der Waals surface area contributed by atoms with Crippen LogP contribution in [0, 0.1) is 17.7 Å². The van der Waals surface area contributed by atoms with Crippen molar-refractivity contribution in [2.75, 3.05) is 5.32 Å². The number of anilines is 1. The molecular formula is C21H23FN2O2. The van der Waals surface area contributed by atoms with E-state index >= 15 is 0 Å². The van der Waals surface area contributed by atoms with Gasteiger partial charge < -0.3 is 10.2 Å². The lowest BCUT2D eigenvalue weighted by Gasteiger charge is -2.27. The molecule has 2 unspecified atom stereocenters. The van der Waals surface area contributed by atoms with Gasteiger partial charge in [0.15, 0.2) is 0 Å². The summed E-state index contributed by atoms with van der Waals surface area (Å²) in [5, 5.41) is 2.76. The molecule has 1 aliphatic carbocycles. The fourth-order valence-corrected chi connectivity index (χ4v) is 3.03. The Hall–Kier alpha value is -2.69. The molecule has 3 rings (SSSR count). The number of rotatable bonds is 6. The highest BCUT2D eigenvalue weighted by atomic mass is 19.1. The molecule has 2 aromatic rings. The summed E-state index contributed by atoms with van der Waals surface area (Å²) in [4.78, 5) is 27.0. The van der Waals surface area contributed by atoms with E-state index in [1.54, 1.807) is 0 Å². The highest BCUT2D eigenvalue weighted by Gasteiger charge is 2.49. The third-order valence-corrected chi connectivity index (χ3v) is 4.66. The molecule has 1 N–H and O–H groups in total. The molecule has 2 amide bonds. The second-order valence-corrected chi connectivity index (χ2v) is 6.99. The zero-order valence-electron chi connectivity index (χ0n) is 15.0. The predicted molar refractivity (Wildman–Crippen MR) is 98.8 cm³/mol. The van der Waals surface area contributed by atoms with Gasteiger partial charge in [-0.2, -0.15) is 0 Å². The van der Waals surface area contributed by atoms with Gasteiger partial charge >= 0.3 is 0 Å². The van der Waals surface area contributed by atoms with Gasteiger partial charge in [-0.1, -0.05) is 30.3 Å². The molecule has 26 heavy (non-hydrogen) atoms. The highest BCUT2D eigenvalue weighted by Crippen LogP contribution is 2.41. The van der Waals surface area contributed by atoms with Crippen LogP contribution < -0.4 is 5.32 Å². The summed E-state index contributed by atoms with van der Waals surface area (Å²) in [6, 6.07) is 15.5. The third-order valence-electron chi connectivity index (χ3n) is 4.66. The first-order valence-corrected chi connectivity index (χ1v) is 8.86. The molecule has 0 aliphatic heterocycles. The normalized spacial score (nSPS) is 18.5. The van der Waals surface area contributed by atoms with Gasteiger partial charge in [0.25, 0.3) is 0 Å². The number of benzene rings is 2. The van der Waals surface area contributed by atoms with Gasteiger partial charge in [0.2, 0.25) is 11.8 Å². The van der Waals surface area contributed by atoms with E-state index in [4.69, 9.17) is 0 Å². The second-order valence-electron chi connectivity index (χ2n) is 6.99. The van der Waals surface area contributed by atoms with Crippen molar-refractivity contribution >= 4 is 17.5 Å². The molecule has 136 valence electrons. The molecule has 0 aromatic heterocycles. The number of hydrogen-bond acceptors (Lipinski definition) is 2. The van der Waals surface area contributed by atoms with Crippen LogP contribution >= 0.6 is 0 Å². The number of carbonyl (C=O) groups is 2. The van der Waals surface area contributed by atoms with E-state index in [9.17, 15) is 14.0 Å². The molecule has 5 heteroatoms. The first-order chi connectivity index (χ1) is 12.5. The summed E-state index contributed by atoms with van der Waals surface area (Å²) in [7, 11) is 0. The van der Waals surface area contributed by atoms with Gasteiger partial charge in [0.1, 0.15) is 5.82 Å². The van der Waals surface area contributed by atoms with Gasteiger partial charge in [-0.05, 0) is 50.1 Å². The van der Waals surface area contributed by atoms with Crippen molar-refractivity contribution < 1.29 is 14.0 Å². The van der Waals surface area contributed by atoms with Gasteiger partial charge in [0.05, 0.1) is 11.8 Å². The average molecular weight is 354 g/mol. The Morgan fingerprint density at radius 1 is 1.08 bits per heavy atom. The Morgan fingerprint density at radius 3 is 2.35 bits per heavy atom. The van der Waals surface area contributed by atoms with Crippen LogP contribution in [0.1, 0.15) is 25.8 Å². The largest absolute Gasteiger partial charge is 0.336 e. The molecule has 0 heterocycles. The van der Waals surface area contributed by atoms with Crippen molar-refractivity contribution in [3.05, 3.63) is 66.0 Å². The maximum atomic E-state index is 12.9. The molecule has 1 saturated carbocycles. The Kier molecular flexibility index (Phi) is 5.35. The molecule has 0 saturated heterocycles. The van der Waals surface area contributed by atoms with E-state index in [-0.39, 0.29) is 35.5 Å². The maximum Gasteiger partial charge on any atom is 0.228 e. The first-order valence-electron chi connectivity index (χ1n) is 8.86. The second kappa shape index (κ2) is 7.68. The van der Waals surface area contributed by atoms with Crippen LogP contribution in [0.3, 0.4) is 0 Å². The quantitative estimate of drug-likeness (QED) is 0.857. The van der Waals surface area contributed by atoms with Crippen molar-refractivity contribution in [1.82, 2.24) is 4.90 Å². The molecule has 0 radical (unpaired) electrons. The van der Waals surface area contributed by atoms with Crippen molar-refractivity contribution in [2.24, 2.45) is 11.8 Å². The zero-order valence-corrected chi connectivity index (χ0v) is 15.0. The monoisotopic (exact) mass is 354 g/mol. The number of nitrogens with one attached hydrogen (secondary N) is 1. The summed E-state index contributed by atoms with van der Waals surface area (Å²) < 4.78 is 12.9. The fraction of sp³-hybridized carbons (Fsp3) is 0.333. The Balaban J connectivity index is 1.60. The Bertz CT molecular complexity index is 774. The molecule has 0 spiro atoms. The van der Waals surface area contributed by atoms with Gasteiger partial charge in [-0.15, -0.1) is 0 Å². The number of hydrogen-bond donors (Lipinski definition) is 1. The van der Waals surface area contributed by atoms with Crippen LogP contribution in [0.25, 0.3) is 0 Å².